The summed E-state index contributed by atoms with van der Waals surface area (Å²) >= 11 is 0. The molecule has 1 rings (SSSR count). The van der Waals surface area contributed by atoms with Gasteiger partial charge in [0.15, 0.2) is 5.78 Å². The van der Waals surface area contributed by atoms with Gasteiger partial charge in [0, 0.05) is 6.42 Å². The second-order valence-electron chi connectivity index (χ2n) is 10.1. The van der Waals surface area contributed by atoms with Crippen LogP contribution in [0.3, 0.4) is 0 Å². The maximum atomic E-state index is 13.1. The average molecular weight is 506 g/mol. The molecule has 0 aliphatic rings. The van der Waals surface area contributed by atoms with E-state index in [2.05, 4.69) is 0 Å². The number of nitrogens with zero attached hydrogens (tertiary/aromatic N) is 1. The van der Waals surface area contributed by atoms with Crippen molar-refractivity contribution in [1.82, 2.24) is 4.90 Å². The number of rotatable bonds is 11. The number of ketones is 1. The molecule has 0 spiro atoms. The molecule has 1 unspecified atom stereocenters. The quantitative estimate of drug-likeness (QED) is 0.158. The van der Waals surface area contributed by atoms with E-state index in [1.54, 1.807) is 66.7 Å². The van der Waals surface area contributed by atoms with Crippen molar-refractivity contribution in [2.24, 2.45) is 0 Å². The van der Waals surface area contributed by atoms with Crippen LogP contribution in [0.1, 0.15) is 79.7 Å². The molecule has 0 saturated carbocycles. The van der Waals surface area contributed by atoms with Gasteiger partial charge in [-0.3, -0.25) is 9.68 Å². The molecular formula is C27H39NO8. The number of ether oxygens (including phenoxy) is 2. The van der Waals surface area contributed by atoms with Crippen LogP contribution in [0, 0.1) is 0 Å². The van der Waals surface area contributed by atoms with E-state index in [4.69, 9.17) is 19.2 Å². The summed E-state index contributed by atoms with van der Waals surface area (Å²) < 4.78 is 10.8. The normalized spacial score (nSPS) is 12.6. The molecule has 0 aliphatic heterocycles. The van der Waals surface area contributed by atoms with Gasteiger partial charge in [-0.2, -0.15) is 9.79 Å². The molecule has 9 nitrogen and oxygen atoms in total. The molecule has 0 bridgehead atoms. The molecule has 0 N–H and O–H groups in total. The molecule has 0 heterocycles. The van der Waals surface area contributed by atoms with Crippen LogP contribution in [0.2, 0.25) is 0 Å². The number of hydrogen-bond acceptors (Lipinski definition) is 8. The summed E-state index contributed by atoms with van der Waals surface area (Å²) in [6.45, 7) is 11.6. The van der Waals surface area contributed by atoms with Crippen molar-refractivity contribution >= 4 is 23.9 Å². The molecule has 0 aromatic heterocycles. The van der Waals surface area contributed by atoms with Crippen molar-refractivity contribution in [3.05, 3.63) is 48.0 Å². The van der Waals surface area contributed by atoms with Crippen molar-refractivity contribution in [1.29, 1.82) is 0 Å². The smallest absolute Gasteiger partial charge is 0.420 e. The zero-order valence-corrected chi connectivity index (χ0v) is 22.4. The van der Waals surface area contributed by atoms with Crippen LogP contribution < -0.4 is 0 Å². The van der Waals surface area contributed by atoms with E-state index >= 15 is 0 Å². The van der Waals surface area contributed by atoms with Crippen LogP contribution in [0.15, 0.2) is 42.5 Å². The summed E-state index contributed by atoms with van der Waals surface area (Å²) in [5.74, 6) is -0.972. The van der Waals surface area contributed by atoms with Gasteiger partial charge in [0.05, 0.1) is 0 Å². The molecule has 0 fully saturated rings. The van der Waals surface area contributed by atoms with Gasteiger partial charge in [0.1, 0.15) is 23.9 Å². The largest absolute Gasteiger partial charge is 0.443 e. The molecule has 2 amide bonds. The maximum Gasteiger partial charge on any atom is 0.420 e. The molecular weight excluding hydrogens is 466 g/mol. The second kappa shape index (κ2) is 14.4. The van der Waals surface area contributed by atoms with Gasteiger partial charge in [-0.1, -0.05) is 43.3 Å². The Morgan fingerprint density at radius 2 is 1.47 bits per heavy atom. The highest BCUT2D eigenvalue weighted by Crippen LogP contribution is 2.21. The van der Waals surface area contributed by atoms with Crippen LogP contribution in [0.5, 0.6) is 0 Å². The van der Waals surface area contributed by atoms with Gasteiger partial charge in [-0.05, 0) is 72.4 Å². The van der Waals surface area contributed by atoms with Gasteiger partial charge in [-0.15, -0.1) is 0 Å². The van der Waals surface area contributed by atoms with Crippen molar-refractivity contribution in [3.63, 3.8) is 0 Å². The molecule has 200 valence electrons. The Labute approximate surface area is 213 Å². The van der Waals surface area contributed by atoms with Crippen LogP contribution >= 0.6 is 0 Å². The van der Waals surface area contributed by atoms with Crippen molar-refractivity contribution in [2.45, 2.75) is 98.0 Å². The van der Waals surface area contributed by atoms with Gasteiger partial charge in [0.25, 0.3) is 0 Å². The minimum atomic E-state index is -1.37. The third-order valence-electron chi connectivity index (χ3n) is 4.47. The van der Waals surface area contributed by atoms with Crippen LogP contribution in [-0.2, 0) is 35.4 Å². The number of allylic oxidation sites excluding steroid dienone is 2. The third kappa shape index (κ3) is 12.5. The fraction of sp³-hybridized carbons (Fsp3) is 0.556. The Morgan fingerprint density at radius 3 is 1.97 bits per heavy atom. The average Bonchev–Trinajstić information content (AvgIpc) is 2.75. The first-order chi connectivity index (χ1) is 16.7. The molecule has 0 radical (unpaired) electrons. The van der Waals surface area contributed by atoms with Crippen molar-refractivity contribution < 1.29 is 38.4 Å². The minimum Gasteiger partial charge on any atom is -0.443 e. The molecule has 0 aliphatic carbocycles. The lowest BCUT2D eigenvalue weighted by Crippen LogP contribution is -2.52. The number of carbonyl (C=O) groups excluding carboxylic acids is 4. The number of benzene rings is 1. The van der Waals surface area contributed by atoms with Gasteiger partial charge in [-0.25, -0.2) is 14.4 Å². The summed E-state index contributed by atoms with van der Waals surface area (Å²) in [7, 11) is 0. The molecule has 0 saturated heterocycles. The van der Waals surface area contributed by atoms with E-state index in [0.717, 1.165) is 5.56 Å². The van der Waals surface area contributed by atoms with Crippen LogP contribution in [0.25, 0.3) is 0 Å². The lowest BCUT2D eigenvalue weighted by molar-refractivity contribution is -0.283. The Hall–Kier alpha value is -3.20. The first kappa shape index (κ1) is 30.8. The predicted molar refractivity (Wildman–Crippen MR) is 134 cm³/mol. The lowest BCUT2D eigenvalue weighted by Gasteiger charge is -2.32. The Bertz CT molecular complexity index is 869. The number of unbranched alkanes of at least 4 members (excludes halogenated alkanes) is 1. The number of hydrogen-bond donors (Lipinski definition) is 0. The fourth-order valence-electron chi connectivity index (χ4n) is 2.85. The summed E-state index contributed by atoms with van der Waals surface area (Å²) in [5.41, 5.74) is -1.10. The number of amides is 2. The highest BCUT2D eigenvalue weighted by molar-refractivity contribution is 5.94. The van der Waals surface area contributed by atoms with E-state index in [1.807, 2.05) is 18.2 Å². The monoisotopic (exact) mass is 505 g/mol. The van der Waals surface area contributed by atoms with Gasteiger partial charge < -0.3 is 9.47 Å². The van der Waals surface area contributed by atoms with E-state index < -0.39 is 35.4 Å². The summed E-state index contributed by atoms with van der Waals surface area (Å²) in [4.78, 5) is 61.4. The van der Waals surface area contributed by atoms with Gasteiger partial charge in [0.2, 0.25) is 0 Å². The molecule has 1 atom stereocenters. The van der Waals surface area contributed by atoms with E-state index in [1.165, 1.54) is 6.08 Å². The van der Waals surface area contributed by atoms with E-state index in [0.29, 0.717) is 24.2 Å². The zero-order valence-electron chi connectivity index (χ0n) is 22.4. The minimum absolute atomic E-state index is 0.0138. The highest BCUT2D eigenvalue weighted by atomic mass is 17.2. The zero-order chi connectivity index (χ0) is 27.4. The maximum absolute atomic E-state index is 13.1. The SMILES string of the molecule is CCC(=O)C=CCCCC(C(=O)OOCc1ccccc1)N(C(=O)OC(C)(C)C)C(=O)OC(C)(C)C. The molecule has 9 heteroatoms. The first-order valence-corrected chi connectivity index (χ1v) is 12.0. The Kier molecular flexibility index (Phi) is 12.3. The first-order valence-electron chi connectivity index (χ1n) is 12.0. The molecule has 1 aromatic carbocycles. The summed E-state index contributed by atoms with van der Waals surface area (Å²) in [6, 6.07) is 7.68. The Morgan fingerprint density at radius 1 is 0.917 bits per heavy atom. The van der Waals surface area contributed by atoms with Crippen LogP contribution in [0.4, 0.5) is 9.59 Å². The van der Waals surface area contributed by atoms with E-state index in [9.17, 15) is 19.2 Å². The molecule has 36 heavy (non-hydrogen) atoms. The number of carbonyl (C=O) groups is 4. The second-order valence-corrected chi connectivity index (χ2v) is 10.1. The topological polar surface area (TPSA) is 108 Å². The Balaban J connectivity index is 3.12. The van der Waals surface area contributed by atoms with Crippen molar-refractivity contribution in [2.75, 3.05) is 0 Å². The molecule has 1 aromatic rings. The standard InChI is InChI=1S/C27H39NO8/c1-8-21(29)17-13-10-14-18-22(23(30)36-33-19-20-15-11-9-12-16-20)28(24(31)34-26(2,3)4)25(32)35-27(5,6)7/h9,11-13,15-17,22H,8,10,14,18-19H2,1-7H3. The predicted octanol–water partition coefficient (Wildman–Crippen LogP) is 5.91. The van der Waals surface area contributed by atoms with Crippen molar-refractivity contribution in [3.8, 4) is 0 Å². The summed E-state index contributed by atoms with van der Waals surface area (Å²) in [6.07, 6.45) is 2.30. The highest BCUT2D eigenvalue weighted by Gasteiger charge is 2.41. The fourth-order valence-corrected chi connectivity index (χ4v) is 2.85. The number of imide groups is 1. The van der Waals surface area contributed by atoms with Gasteiger partial charge >= 0.3 is 18.2 Å². The third-order valence-corrected chi connectivity index (χ3v) is 4.47. The van der Waals surface area contributed by atoms with Crippen LogP contribution in [-0.4, -0.2) is 46.1 Å². The summed E-state index contributed by atoms with van der Waals surface area (Å²) in [5, 5.41) is 0. The lowest BCUT2D eigenvalue weighted by atomic mass is 10.1. The van der Waals surface area contributed by atoms with E-state index in [-0.39, 0.29) is 18.8 Å².